The molecule has 0 saturated carbocycles. The number of hydrogen-bond acceptors (Lipinski definition) is 5. The van der Waals surface area contributed by atoms with Gasteiger partial charge in [-0.2, -0.15) is 11.8 Å². The van der Waals surface area contributed by atoms with Gasteiger partial charge in [-0.15, -0.1) is 0 Å². The molecule has 1 aromatic heterocycles. The number of amides is 1. The van der Waals surface area contributed by atoms with Gasteiger partial charge >= 0.3 is 0 Å². The predicted octanol–water partition coefficient (Wildman–Crippen LogP) is 1.40. The first-order chi connectivity index (χ1) is 8.89. The summed E-state index contributed by atoms with van der Waals surface area (Å²) in [5.41, 5.74) is 0.259. The van der Waals surface area contributed by atoms with Crippen molar-refractivity contribution in [2.75, 3.05) is 24.3 Å². The van der Waals surface area contributed by atoms with Crippen LogP contribution in [0, 0.1) is 0 Å². The van der Waals surface area contributed by atoms with Crippen molar-refractivity contribution in [2.24, 2.45) is 0 Å². The van der Waals surface area contributed by atoms with E-state index in [1.807, 2.05) is 0 Å². The standard InChI is InChI=1S/C11H13BrN2O3S2/c1-19(16,17)10-7-18-6-5-14(10)11(15)8-3-2-4-9(12)13-8/h2-4,10H,5-7H2,1H3. The maximum atomic E-state index is 12.4. The summed E-state index contributed by atoms with van der Waals surface area (Å²) >= 11 is 4.75. The molecule has 5 nitrogen and oxygen atoms in total. The van der Waals surface area contributed by atoms with E-state index in [9.17, 15) is 13.2 Å². The van der Waals surface area contributed by atoms with Crippen LogP contribution < -0.4 is 0 Å². The van der Waals surface area contributed by atoms with Crippen molar-refractivity contribution in [3.8, 4) is 0 Å². The molecule has 1 amide bonds. The molecule has 8 heteroatoms. The summed E-state index contributed by atoms with van der Waals surface area (Å²) in [6, 6.07) is 5.02. The summed E-state index contributed by atoms with van der Waals surface area (Å²) in [7, 11) is -3.29. The van der Waals surface area contributed by atoms with E-state index in [-0.39, 0.29) is 11.6 Å². The third-order valence-corrected chi connectivity index (χ3v) is 5.86. The van der Waals surface area contributed by atoms with E-state index < -0.39 is 15.2 Å². The van der Waals surface area contributed by atoms with Gasteiger partial charge in [-0.1, -0.05) is 6.07 Å². The fourth-order valence-corrected chi connectivity index (χ4v) is 5.00. The van der Waals surface area contributed by atoms with Gasteiger partial charge in [0.25, 0.3) is 5.91 Å². The van der Waals surface area contributed by atoms with Crippen molar-refractivity contribution in [1.29, 1.82) is 0 Å². The van der Waals surface area contributed by atoms with Crippen LogP contribution in [0.5, 0.6) is 0 Å². The molecule has 1 aromatic rings. The predicted molar refractivity (Wildman–Crippen MR) is 78.9 cm³/mol. The largest absolute Gasteiger partial charge is 0.319 e. The van der Waals surface area contributed by atoms with Crippen LogP contribution in [0.4, 0.5) is 0 Å². The SMILES string of the molecule is CS(=O)(=O)C1CSCCN1C(=O)c1cccc(Br)n1. The molecule has 0 spiro atoms. The van der Waals surface area contributed by atoms with E-state index in [0.29, 0.717) is 16.9 Å². The number of hydrogen-bond donors (Lipinski definition) is 0. The molecule has 1 aliphatic heterocycles. The smallest absolute Gasteiger partial charge is 0.273 e. The minimum absolute atomic E-state index is 0.259. The number of carbonyl (C=O) groups excluding carboxylic acids is 1. The number of nitrogens with zero attached hydrogens (tertiary/aromatic N) is 2. The van der Waals surface area contributed by atoms with Gasteiger partial charge in [0.05, 0.1) is 0 Å². The number of rotatable bonds is 2. The minimum atomic E-state index is -3.29. The second-order valence-corrected chi connectivity index (χ2v) is 8.37. The molecule has 2 heterocycles. The molecule has 0 bridgehead atoms. The molecule has 1 atom stereocenters. The number of pyridine rings is 1. The summed E-state index contributed by atoms with van der Waals surface area (Å²) in [5.74, 6) is 0.821. The summed E-state index contributed by atoms with van der Waals surface area (Å²) in [4.78, 5) is 17.9. The molecular weight excluding hydrogens is 352 g/mol. The molecule has 2 rings (SSSR count). The highest BCUT2D eigenvalue weighted by atomic mass is 79.9. The molecule has 1 unspecified atom stereocenters. The number of halogens is 1. The summed E-state index contributed by atoms with van der Waals surface area (Å²) in [6.07, 6.45) is 1.16. The molecule has 1 saturated heterocycles. The lowest BCUT2D eigenvalue weighted by atomic mass is 10.3. The fraction of sp³-hybridized carbons (Fsp3) is 0.455. The molecule has 104 valence electrons. The molecule has 1 fully saturated rings. The maximum Gasteiger partial charge on any atom is 0.273 e. The normalized spacial score (nSPS) is 20.3. The van der Waals surface area contributed by atoms with Crippen LogP contribution >= 0.6 is 27.7 Å². The Morgan fingerprint density at radius 1 is 1.53 bits per heavy atom. The molecule has 0 N–H and O–H groups in total. The molecular formula is C11H13BrN2O3S2. The van der Waals surface area contributed by atoms with Crippen LogP contribution in [-0.2, 0) is 9.84 Å². The second-order valence-electron chi connectivity index (χ2n) is 4.20. The Balaban J connectivity index is 2.30. The third-order valence-electron chi connectivity index (χ3n) is 2.77. The number of aromatic nitrogens is 1. The Kier molecular flexibility index (Phi) is 4.52. The van der Waals surface area contributed by atoms with Gasteiger partial charge in [-0.25, -0.2) is 13.4 Å². The molecule has 19 heavy (non-hydrogen) atoms. The van der Waals surface area contributed by atoms with Crippen molar-refractivity contribution >= 4 is 43.4 Å². The lowest BCUT2D eigenvalue weighted by molar-refractivity contribution is 0.0743. The van der Waals surface area contributed by atoms with Crippen molar-refractivity contribution in [3.05, 3.63) is 28.5 Å². The average molecular weight is 365 g/mol. The summed E-state index contributed by atoms with van der Waals surface area (Å²) < 4.78 is 24.1. The summed E-state index contributed by atoms with van der Waals surface area (Å²) in [6.45, 7) is 0.426. The van der Waals surface area contributed by atoms with Gasteiger partial charge < -0.3 is 4.90 Å². The van der Waals surface area contributed by atoms with Crippen LogP contribution in [0.15, 0.2) is 22.8 Å². The Bertz CT molecular complexity index is 591. The van der Waals surface area contributed by atoms with Crippen molar-refractivity contribution in [1.82, 2.24) is 9.88 Å². The third kappa shape index (κ3) is 3.49. The van der Waals surface area contributed by atoms with Gasteiger partial charge in [0.2, 0.25) is 0 Å². The topological polar surface area (TPSA) is 67.3 Å². The van der Waals surface area contributed by atoms with Crippen LogP contribution in [0.1, 0.15) is 10.5 Å². The number of sulfone groups is 1. The van der Waals surface area contributed by atoms with Gasteiger partial charge in [0, 0.05) is 24.3 Å². The van der Waals surface area contributed by atoms with E-state index in [1.165, 1.54) is 4.90 Å². The Labute approximate surface area is 124 Å². The van der Waals surface area contributed by atoms with Crippen LogP contribution in [0.25, 0.3) is 0 Å². The zero-order valence-electron chi connectivity index (χ0n) is 10.2. The van der Waals surface area contributed by atoms with E-state index in [4.69, 9.17) is 0 Å². The zero-order chi connectivity index (χ0) is 14.0. The summed E-state index contributed by atoms with van der Waals surface area (Å²) in [5, 5.41) is -0.764. The number of carbonyl (C=O) groups is 1. The van der Waals surface area contributed by atoms with Crippen LogP contribution in [0.2, 0.25) is 0 Å². The highest BCUT2D eigenvalue weighted by molar-refractivity contribution is 9.10. The van der Waals surface area contributed by atoms with Gasteiger partial charge in [-0.05, 0) is 28.1 Å². The minimum Gasteiger partial charge on any atom is -0.319 e. The van der Waals surface area contributed by atoms with E-state index >= 15 is 0 Å². The van der Waals surface area contributed by atoms with Crippen molar-refractivity contribution < 1.29 is 13.2 Å². The first-order valence-electron chi connectivity index (χ1n) is 5.60. The first kappa shape index (κ1) is 14.8. The van der Waals surface area contributed by atoms with Crippen LogP contribution in [0.3, 0.4) is 0 Å². The van der Waals surface area contributed by atoms with Crippen LogP contribution in [-0.4, -0.2) is 53.9 Å². The molecule has 0 aromatic carbocycles. The van der Waals surface area contributed by atoms with Gasteiger partial charge in [0.1, 0.15) is 15.7 Å². The van der Waals surface area contributed by atoms with Gasteiger partial charge in [0.15, 0.2) is 9.84 Å². The second kappa shape index (κ2) is 5.80. The monoisotopic (exact) mass is 364 g/mol. The fourth-order valence-electron chi connectivity index (χ4n) is 1.84. The molecule has 0 radical (unpaired) electrons. The van der Waals surface area contributed by atoms with Gasteiger partial charge in [-0.3, -0.25) is 4.79 Å². The highest BCUT2D eigenvalue weighted by Crippen LogP contribution is 2.22. The van der Waals surface area contributed by atoms with E-state index in [2.05, 4.69) is 20.9 Å². The molecule has 0 aliphatic carbocycles. The molecule has 1 aliphatic rings. The Hall–Kier alpha value is -0.600. The Morgan fingerprint density at radius 3 is 2.89 bits per heavy atom. The first-order valence-corrected chi connectivity index (χ1v) is 9.50. The lowest BCUT2D eigenvalue weighted by Gasteiger charge is -2.33. The zero-order valence-corrected chi connectivity index (χ0v) is 13.5. The maximum absolute atomic E-state index is 12.4. The van der Waals surface area contributed by atoms with Crippen molar-refractivity contribution in [2.45, 2.75) is 5.37 Å². The van der Waals surface area contributed by atoms with E-state index in [1.54, 1.807) is 30.0 Å². The van der Waals surface area contributed by atoms with E-state index in [0.717, 1.165) is 12.0 Å². The highest BCUT2D eigenvalue weighted by Gasteiger charge is 2.35. The lowest BCUT2D eigenvalue weighted by Crippen LogP contribution is -2.50. The average Bonchev–Trinajstić information content (AvgIpc) is 2.37. The Morgan fingerprint density at radius 2 is 2.26 bits per heavy atom. The van der Waals surface area contributed by atoms with Crippen molar-refractivity contribution in [3.63, 3.8) is 0 Å². The number of thioether (sulfide) groups is 1. The quantitative estimate of drug-likeness (QED) is 0.742.